The third-order valence-corrected chi connectivity index (χ3v) is 4.43. The van der Waals surface area contributed by atoms with Gasteiger partial charge in [0.15, 0.2) is 0 Å². The molecular weight excluding hydrogens is 326 g/mol. The zero-order valence-electron chi connectivity index (χ0n) is 12.8. The summed E-state index contributed by atoms with van der Waals surface area (Å²) in [5.74, 6) is 0.919. The molecule has 112 valence electrons. The van der Waals surface area contributed by atoms with E-state index >= 15 is 0 Å². The minimum absolute atomic E-state index is 0.137. The van der Waals surface area contributed by atoms with E-state index < -0.39 is 0 Å². The number of methoxy groups -OCH3 is 1. The lowest BCUT2D eigenvalue weighted by atomic mass is 9.97. The van der Waals surface area contributed by atoms with Crippen molar-refractivity contribution in [2.45, 2.75) is 26.3 Å². The first-order valence-electron chi connectivity index (χ1n) is 7.29. The van der Waals surface area contributed by atoms with Gasteiger partial charge in [0.2, 0.25) is 0 Å². The van der Waals surface area contributed by atoms with Crippen molar-refractivity contribution in [3.05, 3.63) is 63.6 Å². The lowest BCUT2D eigenvalue weighted by Crippen LogP contribution is -2.23. The Kier molecular flexibility index (Phi) is 5.83. The Morgan fingerprint density at radius 2 is 1.95 bits per heavy atom. The van der Waals surface area contributed by atoms with Gasteiger partial charge in [-0.3, -0.25) is 0 Å². The number of hydrogen-bond acceptors (Lipinski definition) is 2. The van der Waals surface area contributed by atoms with Gasteiger partial charge >= 0.3 is 0 Å². The quantitative estimate of drug-likeness (QED) is 0.805. The molecule has 2 aromatic rings. The summed E-state index contributed by atoms with van der Waals surface area (Å²) in [4.78, 5) is 0. The average molecular weight is 348 g/mol. The van der Waals surface area contributed by atoms with Crippen LogP contribution in [0.3, 0.4) is 0 Å². The van der Waals surface area contributed by atoms with E-state index in [1.54, 1.807) is 7.11 Å². The smallest absolute Gasteiger partial charge is 0.123 e. The molecule has 0 saturated heterocycles. The van der Waals surface area contributed by atoms with Crippen molar-refractivity contribution in [1.29, 1.82) is 0 Å². The molecule has 3 heteroatoms. The lowest BCUT2D eigenvalue weighted by molar-refractivity contribution is 0.404. The molecule has 0 heterocycles. The van der Waals surface area contributed by atoms with E-state index in [4.69, 9.17) is 4.74 Å². The van der Waals surface area contributed by atoms with E-state index in [1.165, 1.54) is 16.7 Å². The van der Waals surface area contributed by atoms with E-state index in [1.807, 2.05) is 12.1 Å². The highest BCUT2D eigenvalue weighted by Crippen LogP contribution is 2.31. The van der Waals surface area contributed by atoms with Crippen LogP contribution in [0.15, 0.2) is 46.9 Å². The molecule has 0 saturated carbocycles. The summed E-state index contributed by atoms with van der Waals surface area (Å²) in [5.41, 5.74) is 3.66. The summed E-state index contributed by atoms with van der Waals surface area (Å²) in [7, 11) is 1.72. The summed E-state index contributed by atoms with van der Waals surface area (Å²) in [5, 5.41) is 3.62. The van der Waals surface area contributed by atoms with E-state index in [9.17, 15) is 0 Å². The molecule has 0 aliphatic rings. The molecule has 2 nitrogen and oxygen atoms in total. The van der Waals surface area contributed by atoms with E-state index in [0.29, 0.717) is 0 Å². The standard InChI is InChI=1S/C18H22BrNO/c1-4-11-20-18(14-10-9-13(2)16(19)12-14)15-7-5-6-8-17(15)21-3/h5-10,12,18,20H,4,11H2,1-3H3. The Morgan fingerprint density at radius 3 is 2.62 bits per heavy atom. The highest BCUT2D eigenvalue weighted by Gasteiger charge is 2.17. The maximum absolute atomic E-state index is 5.53. The second-order valence-corrected chi connectivity index (χ2v) is 5.99. The summed E-state index contributed by atoms with van der Waals surface area (Å²) < 4.78 is 6.67. The number of rotatable bonds is 6. The van der Waals surface area contributed by atoms with Crippen molar-refractivity contribution in [2.24, 2.45) is 0 Å². The molecular formula is C18H22BrNO. The number of hydrogen-bond donors (Lipinski definition) is 1. The normalized spacial score (nSPS) is 12.2. The molecule has 1 N–H and O–H groups in total. The first-order valence-corrected chi connectivity index (χ1v) is 8.09. The molecule has 1 atom stereocenters. The second kappa shape index (κ2) is 7.62. The van der Waals surface area contributed by atoms with Crippen molar-refractivity contribution in [3.8, 4) is 5.75 Å². The maximum atomic E-state index is 5.53. The van der Waals surface area contributed by atoms with Gasteiger partial charge in [0.1, 0.15) is 5.75 Å². The number of halogens is 1. The van der Waals surface area contributed by atoms with E-state index in [2.05, 4.69) is 65.4 Å². The van der Waals surface area contributed by atoms with Gasteiger partial charge in [0.05, 0.1) is 13.2 Å². The van der Waals surface area contributed by atoms with Gasteiger partial charge in [-0.1, -0.05) is 53.2 Å². The number of nitrogens with one attached hydrogen (secondary N) is 1. The zero-order valence-corrected chi connectivity index (χ0v) is 14.4. The highest BCUT2D eigenvalue weighted by molar-refractivity contribution is 9.10. The fourth-order valence-corrected chi connectivity index (χ4v) is 2.79. The van der Waals surface area contributed by atoms with Crippen LogP contribution in [0.25, 0.3) is 0 Å². The van der Waals surface area contributed by atoms with Crippen LogP contribution in [-0.2, 0) is 0 Å². The first kappa shape index (κ1) is 16.1. The fraction of sp³-hybridized carbons (Fsp3) is 0.333. The molecule has 0 radical (unpaired) electrons. The van der Waals surface area contributed by atoms with Crippen LogP contribution in [0.4, 0.5) is 0 Å². The monoisotopic (exact) mass is 347 g/mol. The lowest BCUT2D eigenvalue weighted by Gasteiger charge is -2.22. The number of ether oxygens (including phenoxy) is 1. The number of para-hydroxylation sites is 1. The molecule has 0 spiro atoms. The number of aryl methyl sites for hydroxylation is 1. The van der Waals surface area contributed by atoms with Crippen LogP contribution in [0.5, 0.6) is 5.75 Å². The SMILES string of the molecule is CCCNC(c1ccc(C)c(Br)c1)c1ccccc1OC. The van der Waals surface area contributed by atoms with Gasteiger partial charge in [0.25, 0.3) is 0 Å². The average Bonchev–Trinajstić information content (AvgIpc) is 2.51. The zero-order chi connectivity index (χ0) is 15.2. The van der Waals surface area contributed by atoms with Gasteiger partial charge in [-0.2, -0.15) is 0 Å². The molecule has 0 aliphatic carbocycles. The summed E-state index contributed by atoms with van der Waals surface area (Å²) in [6.07, 6.45) is 1.10. The highest BCUT2D eigenvalue weighted by atomic mass is 79.9. The van der Waals surface area contributed by atoms with E-state index in [0.717, 1.165) is 23.2 Å². The predicted octanol–water partition coefficient (Wildman–Crippen LogP) is 4.86. The third-order valence-electron chi connectivity index (χ3n) is 3.58. The largest absolute Gasteiger partial charge is 0.496 e. The maximum Gasteiger partial charge on any atom is 0.123 e. The molecule has 0 bridgehead atoms. The molecule has 0 fully saturated rings. The second-order valence-electron chi connectivity index (χ2n) is 5.14. The molecule has 2 aromatic carbocycles. The van der Waals surface area contributed by atoms with Crippen LogP contribution in [0, 0.1) is 6.92 Å². The van der Waals surface area contributed by atoms with Crippen LogP contribution in [0.2, 0.25) is 0 Å². The van der Waals surface area contributed by atoms with Crippen molar-refractivity contribution in [1.82, 2.24) is 5.32 Å². The summed E-state index contributed by atoms with van der Waals surface area (Å²) in [6.45, 7) is 5.25. The molecule has 0 amide bonds. The van der Waals surface area contributed by atoms with Crippen LogP contribution < -0.4 is 10.1 Å². The minimum atomic E-state index is 0.137. The van der Waals surface area contributed by atoms with Gasteiger partial charge in [-0.05, 0) is 43.1 Å². The molecule has 0 aliphatic heterocycles. The van der Waals surface area contributed by atoms with Gasteiger partial charge in [-0.15, -0.1) is 0 Å². The van der Waals surface area contributed by atoms with Crippen molar-refractivity contribution in [2.75, 3.05) is 13.7 Å². The van der Waals surface area contributed by atoms with Crippen LogP contribution in [0.1, 0.15) is 36.1 Å². The topological polar surface area (TPSA) is 21.3 Å². The Balaban J connectivity index is 2.44. The first-order chi connectivity index (χ1) is 10.2. The Labute approximate surface area is 135 Å². The summed E-state index contributed by atoms with van der Waals surface area (Å²) in [6, 6.07) is 14.9. The minimum Gasteiger partial charge on any atom is -0.496 e. The summed E-state index contributed by atoms with van der Waals surface area (Å²) >= 11 is 3.63. The van der Waals surface area contributed by atoms with Crippen LogP contribution >= 0.6 is 15.9 Å². The van der Waals surface area contributed by atoms with Crippen molar-refractivity contribution in [3.63, 3.8) is 0 Å². The molecule has 0 aromatic heterocycles. The van der Waals surface area contributed by atoms with Crippen molar-refractivity contribution >= 4 is 15.9 Å². The number of benzene rings is 2. The van der Waals surface area contributed by atoms with E-state index in [-0.39, 0.29) is 6.04 Å². The van der Waals surface area contributed by atoms with Gasteiger partial charge in [0, 0.05) is 10.0 Å². The Morgan fingerprint density at radius 1 is 1.19 bits per heavy atom. The molecule has 2 rings (SSSR count). The fourth-order valence-electron chi connectivity index (χ4n) is 2.39. The molecule has 21 heavy (non-hydrogen) atoms. The van der Waals surface area contributed by atoms with Gasteiger partial charge < -0.3 is 10.1 Å². The van der Waals surface area contributed by atoms with Gasteiger partial charge in [-0.25, -0.2) is 0 Å². The third kappa shape index (κ3) is 3.86. The molecule has 1 unspecified atom stereocenters. The van der Waals surface area contributed by atoms with Crippen molar-refractivity contribution < 1.29 is 4.74 Å². The Bertz CT molecular complexity index is 598. The Hall–Kier alpha value is -1.32. The predicted molar refractivity (Wildman–Crippen MR) is 92.0 cm³/mol. The van der Waals surface area contributed by atoms with Crippen LogP contribution in [-0.4, -0.2) is 13.7 Å².